The summed E-state index contributed by atoms with van der Waals surface area (Å²) in [6, 6.07) is 9.64. The zero-order chi connectivity index (χ0) is 12.8. The van der Waals surface area contributed by atoms with Crippen LogP contribution in [0.5, 0.6) is 0 Å². The van der Waals surface area contributed by atoms with Crippen molar-refractivity contribution in [3.63, 3.8) is 0 Å². The molecule has 0 saturated heterocycles. The summed E-state index contributed by atoms with van der Waals surface area (Å²) in [5.41, 5.74) is 2.88. The highest BCUT2D eigenvalue weighted by atomic mass is 14.9. The summed E-state index contributed by atoms with van der Waals surface area (Å²) in [4.78, 5) is 0. The zero-order valence-electron chi connectivity index (χ0n) is 11.9. The molecule has 1 saturated carbocycles. The number of rotatable bonds is 5. The molecular weight excluding hydrogens is 218 g/mol. The van der Waals surface area contributed by atoms with Crippen LogP contribution in [0.15, 0.2) is 24.3 Å². The molecule has 1 aliphatic carbocycles. The fraction of sp³-hybridized carbons (Fsp3) is 0.647. The van der Waals surface area contributed by atoms with Crippen LogP contribution in [0.2, 0.25) is 0 Å². The fourth-order valence-corrected chi connectivity index (χ4v) is 3.19. The van der Waals surface area contributed by atoms with Crippen molar-refractivity contribution in [2.24, 2.45) is 5.92 Å². The molecule has 0 radical (unpaired) electrons. The van der Waals surface area contributed by atoms with Gasteiger partial charge in [-0.2, -0.15) is 0 Å². The van der Waals surface area contributed by atoms with E-state index in [0.29, 0.717) is 6.04 Å². The van der Waals surface area contributed by atoms with Gasteiger partial charge < -0.3 is 5.32 Å². The van der Waals surface area contributed by atoms with Crippen molar-refractivity contribution in [1.82, 2.24) is 5.32 Å². The Labute approximate surface area is 112 Å². The molecule has 2 rings (SSSR count). The smallest absolute Gasteiger partial charge is 0.0348 e. The lowest BCUT2D eigenvalue weighted by Crippen LogP contribution is -2.30. The van der Waals surface area contributed by atoms with Gasteiger partial charge in [0.25, 0.3) is 0 Å². The summed E-state index contributed by atoms with van der Waals surface area (Å²) >= 11 is 0. The normalized spacial score (nSPS) is 18.8. The van der Waals surface area contributed by atoms with E-state index < -0.39 is 0 Å². The second-order valence-electron chi connectivity index (χ2n) is 5.74. The minimum Gasteiger partial charge on any atom is -0.310 e. The van der Waals surface area contributed by atoms with Gasteiger partial charge in [0.15, 0.2) is 0 Å². The molecule has 0 bridgehead atoms. The van der Waals surface area contributed by atoms with Crippen LogP contribution in [0.4, 0.5) is 0 Å². The first-order valence-electron chi connectivity index (χ1n) is 7.61. The molecule has 0 aromatic heterocycles. The predicted molar refractivity (Wildman–Crippen MR) is 78.8 cm³/mol. The van der Waals surface area contributed by atoms with Crippen molar-refractivity contribution in [1.29, 1.82) is 0 Å². The van der Waals surface area contributed by atoms with Crippen molar-refractivity contribution in [2.45, 2.75) is 58.4 Å². The maximum atomic E-state index is 3.78. The van der Waals surface area contributed by atoms with E-state index in [2.05, 4.69) is 43.4 Å². The van der Waals surface area contributed by atoms with Crippen LogP contribution in [0, 0.1) is 12.8 Å². The van der Waals surface area contributed by atoms with E-state index >= 15 is 0 Å². The maximum Gasteiger partial charge on any atom is 0.0348 e. The molecule has 0 amide bonds. The molecule has 18 heavy (non-hydrogen) atoms. The molecule has 1 fully saturated rings. The molecule has 1 aromatic carbocycles. The average Bonchev–Trinajstić information content (AvgIpc) is 2.40. The number of nitrogens with one attached hydrogen (secondary N) is 1. The number of hydrogen-bond acceptors (Lipinski definition) is 1. The van der Waals surface area contributed by atoms with E-state index in [1.54, 1.807) is 0 Å². The Morgan fingerprint density at radius 1 is 1.22 bits per heavy atom. The third-order valence-corrected chi connectivity index (χ3v) is 4.14. The third kappa shape index (κ3) is 3.58. The first kappa shape index (κ1) is 13.6. The molecule has 0 aliphatic heterocycles. The van der Waals surface area contributed by atoms with Gasteiger partial charge >= 0.3 is 0 Å². The van der Waals surface area contributed by atoms with Crippen LogP contribution in [-0.2, 0) is 0 Å². The van der Waals surface area contributed by atoms with Crippen molar-refractivity contribution >= 4 is 0 Å². The van der Waals surface area contributed by atoms with Crippen LogP contribution >= 0.6 is 0 Å². The van der Waals surface area contributed by atoms with Crippen molar-refractivity contribution in [3.05, 3.63) is 35.4 Å². The molecule has 100 valence electrons. The molecule has 0 heterocycles. The van der Waals surface area contributed by atoms with Gasteiger partial charge in [-0.25, -0.2) is 0 Å². The predicted octanol–water partition coefficient (Wildman–Crippen LogP) is 4.62. The Bertz CT molecular complexity index is 352. The van der Waals surface area contributed by atoms with Crippen LogP contribution in [0.3, 0.4) is 0 Å². The fourth-order valence-electron chi connectivity index (χ4n) is 3.19. The monoisotopic (exact) mass is 245 g/mol. The molecule has 1 atom stereocenters. The van der Waals surface area contributed by atoms with Gasteiger partial charge in [-0.1, -0.05) is 56.0 Å². The van der Waals surface area contributed by atoms with E-state index in [-0.39, 0.29) is 0 Å². The van der Waals surface area contributed by atoms with Gasteiger partial charge in [0.2, 0.25) is 0 Å². The molecule has 1 aromatic rings. The zero-order valence-corrected chi connectivity index (χ0v) is 11.9. The minimum atomic E-state index is 0.574. The highest BCUT2D eigenvalue weighted by molar-refractivity contribution is 5.25. The van der Waals surface area contributed by atoms with Gasteiger partial charge in [-0.3, -0.25) is 0 Å². The maximum absolute atomic E-state index is 3.78. The standard InChI is InChI=1S/C17H27N/c1-3-12-18-17(15-9-5-4-6-10-15)16-11-7-8-14(2)13-16/h7-8,11,13,15,17-18H,3-6,9-10,12H2,1-2H3. The van der Waals surface area contributed by atoms with E-state index in [0.717, 1.165) is 12.5 Å². The minimum absolute atomic E-state index is 0.574. The van der Waals surface area contributed by atoms with Crippen LogP contribution < -0.4 is 5.32 Å². The molecule has 1 aliphatic rings. The second-order valence-corrected chi connectivity index (χ2v) is 5.74. The molecule has 0 spiro atoms. The highest BCUT2D eigenvalue weighted by Crippen LogP contribution is 2.34. The van der Waals surface area contributed by atoms with Gasteiger partial charge in [-0.05, 0) is 44.2 Å². The Hall–Kier alpha value is -0.820. The summed E-state index contributed by atoms with van der Waals surface area (Å²) in [6.07, 6.45) is 8.28. The largest absolute Gasteiger partial charge is 0.310 e. The Kier molecular flexibility index (Phi) is 5.25. The van der Waals surface area contributed by atoms with Crippen LogP contribution in [0.1, 0.15) is 62.6 Å². The molecule has 1 heteroatoms. The molecule has 1 unspecified atom stereocenters. The first-order valence-corrected chi connectivity index (χ1v) is 7.61. The average molecular weight is 245 g/mol. The van der Waals surface area contributed by atoms with Crippen molar-refractivity contribution in [3.8, 4) is 0 Å². The lowest BCUT2D eigenvalue weighted by Gasteiger charge is -2.31. The van der Waals surface area contributed by atoms with Gasteiger partial charge in [0, 0.05) is 6.04 Å². The summed E-state index contributed by atoms with van der Waals surface area (Å²) in [6.45, 7) is 5.58. The highest BCUT2D eigenvalue weighted by Gasteiger charge is 2.24. The van der Waals surface area contributed by atoms with Crippen molar-refractivity contribution < 1.29 is 0 Å². The SMILES string of the molecule is CCCNC(c1cccc(C)c1)C1CCCCC1. The Balaban J connectivity index is 2.12. The van der Waals surface area contributed by atoms with Gasteiger partial charge in [-0.15, -0.1) is 0 Å². The third-order valence-electron chi connectivity index (χ3n) is 4.14. The number of benzene rings is 1. The Morgan fingerprint density at radius 3 is 2.67 bits per heavy atom. The van der Waals surface area contributed by atoms with Crippen LogP contribution in [-0.4, -0.2) is 6.54 Å². The lowest BCUT2D eigenvalue weighted by atomic mass is 9.81. The van der Waals surface area contributed by atoms with E-state index in [4.69, 9.17) is 0 Å². The summed E-state index contributed by atoms with van der Waals surface area (Å²) < 4.78 is 0. The summed E-state index contributed by atoms with van der Waals surface area (Å²) in [5, 5.41) is 3.78. The first-order chi connectivity index (χ1) is 8.81. The molecular formula is C17H27N. The second kappa shape index (κ2) is 6.94. The van der Waals surface area contributed by atoms with E-state index in [1.165, 1.54) is 49.7 Å². The van der Waals surface area contributed by atoms with E-state index in [9.17, 15) is 0 Å². The topological polar surface area (TPSA) is 12.0 Å². The van der Waals surface area contributed by atoms with Gasteiger partial charge in [0.1, 0.15) is 0 Å². The quantitative estimate of drug-likeness (QED) is 0.798. The Morgan fingerprint density at radius 2 is 2.00 bits per heavy atom. The lowest BCUT2D eigenvalue weighted by molar-refractivity contribution is 0.272. The molecule has 1 nitrogen and oxygen atoms in total. The van der Waals surface area contributed by atoms with Crippen LogP contribution in [0.25, 0.3) is 0 Å². The number of hydrogen-bond donors (Lipinski definition) is 1. The number of aryl methyl sites for hydroxylation is 1. The summed E-state index contributed by atoms with van der Waals surface area (Å²) in [5.74, 6) is 0.840. The van der Waals surface area contributed by atoms with Gasteiger partial charge in [0.05, 0.1) is 0 Å². The summed E-state index contributed by atoms with van der Waals surface area (Å²) in [7, 11) is 0. The van der Waals surface area contributed by atoms with Crippen molar-refractivity contribution in [2.75, 3.05) is 6.54 Å². The molecule has 1 N–H and O–H groups in total. The van der Waals surface area contributed by atoms with E-state index in [1.807, 2.05) is 0 Å².